The molecular weight excluding hydrogens is 248 g/mol. The Morgan fingerprint density at radius 1 is 1.41 bits per heavy atom. The van der Waals surface area contributed by atoms with Gasteiger partial charge in [-0.05, 0) is 0 Å². The van der Waals surface area contributed by atoms with Gasteiger partial charge in [0.15, 0.2) is 0 Å². The lowest BCUT2D eigenvalue weighted by molar-refractivity contribution is -0.175. The highest BCUT2D eigenvalue weighted by Gasteiger charge is 2.19. The van der Waals surface area contributed by atoms with Gasteiger partial charge in [0.1, 0.15) is 6.61 Å². The van der Waals surface area contributed by atoms with Crippen LogP contribution in [0.15, 0.2) is 0 Å². The van der Waals surface area contributed by atoms with Crippen LogP contribution in [-0.4, -0.2) is 48.7 Å². The molecule has 17 heavy (non-hydrogen) atoms. The standard InChI is InChI=1S/C10H14O6S/c1-7(11)10(13)15-3-2-8(12)16-9-6-17-5-4-14-9/h9H,2-6H2,1H3. The van der Waals surface area contributed by atoms with Crippen LogP contribution in [0.5, 0.6) is 0 Å². The third-order valence-electron chi connectivity index (χ3n) is 1.88. The summed E-state index contributed by atoms with van der Waals surface area (Å²) < 4.78 is 14.7. The van der Waals surface area contributed by atoms with E-state index in [1.807, 2.05) is 0 Å². The van der Waals surface area contributed by atoms with E-state index in [1.165, 1.54) is 0 Å². The lowest BCUT2D eigenvalue weighted by atomic mass is 10.4. The molecule has 1 fully saturated rings. The topological polar surface area (TPSA) is 78.9 Å². The Morgan fingerprint density at radius 3 is 2.76 bits per heavy atom. The number of rotatable bonds is 5. The minimum Gasteiger partial charge on any atom is -0.459 e. The van der Waals surface area contributed by atoms with E-state index < -0.39 is 24.0 Å². The van der Waals surface area contributed by atoms with E-state index in [-0.39, 0.29) is 13.0 Å². The van der Waals surface area contributed by atoms with Gasteiger partial charge in [-0.1, -0.05) is 0 Å². The van der Waals surface area contributed by atoms with Crippen LogP contribution in [0.2, 0.25) is 0 Å². The fraction of sp³-hybridized carbons (Fsp3) is 0.700. The van der Waals surface area contributed by atoms with Gasteiger partial charge in [0.25, 0.3) is 0 Å². The predicted octanol–water partition coefficient (Wildman–Crippen LogP) is 0.141. The maximum Gasteiger partial charge on any atom is 0.374 e. The number of Topliss-reactive ketones (excluding diaryl/α,β-unsaturated/α-hetero) is 1. The van der Waals surface area contributed by atoms with Crippen molar-refractivity contribution in [2.45, 2.75) is 19.6 Å². The summed E-state index contributed by atoms with van der Waals surface area (Å²) in [6.45, 7) is 1.51. The monoisotopic (exact) mass is 262 g/mol. The highest BCUT2D eigenvalue weighted by molar-refractivity contribution is 7.99. The first kappa shape index (κ1) is 14.0. The molecule has 1 aliphatic rings. The molecule has 0 saturated carbocycles. The Hall–Kier alpha value is -1.08. The third-order valence-corrected chi connectivity index (χ3v) is 2.84. The molecule has 96 valence electrons. The van der Waals surface area contributed by atoms with Gasteiger partial charge in [-0.15, -0.1) is 0 Å². The van der Waals surface area contributed by atoms with Crippen LogP contribution < -0.4 is 0 Å². The van der Waals surface area contributed by atoms with Crippen molar-refractivity contribution in [3.63, 3.8) is 0 Å². The number of esters is 2. The summed E-state index contributed by atoms with van der Waals surface area (Å²) >= 11 is 1.65. The summed E-state index contributed by atoms with van der Waals surface area (Å²) in [5.41, 5.74) is 0. The molecule has 1 atom stereocenters. The molecule has 6 nitrogen and oxygen atoms in total. The summed E-state index contributed by atoms with van der Waals surface area (Å²) in [5, 5.41) is 0. The Balaban J connectivity index is 2.12. The molecule has 0 N–H and O–H groups in total. The summed E-state index contributed by atoms with van der Waals surface area (Å²) in [5.74, 6) is -0.634. The van der Waals surface area contributed by atoms with Crippen LogP contribution in [0.25, 0.3) is 0 Å². The third kappa shape index (κ3) is 5.69. The zero-order valence-electron chi connectivity index (χ0n) is 9.47. The van der Waals surface area contributed by atoms with E-state index in [1.54, 1.807) is 11.8 Å². The summed E-state index contributed by atoms with van der Waals surface area (Å²) in [6, 6.07) is 0. The maximum absolute atomic E-state index is 11.3. The molecule has 0 aromatic rings. The Bertz CT molecular complexity index is 297. The number of ketones is 1. The van der Waals surface area contributed by atoms with E-state index in [0.29, 0.717) is 12.4 Å². The van der Waals surface area contributed by atoms with E-state index in [9.17, 15) is 14.4 Å². The number of hydrogen-bond acceptors (Lipinski definition) is 7. The SMILES string of the molecule is CC(=O)C(=O)OCCC(=O)OC1CSCCO1. The first-order valence-corrected chi connectivity index (χ1v) is 6.31. The largest absolute Gasteiger partial charge is 0.459 e. The van der Waals surface area contributed by atoms with Crippen LogP contribution in [0, 0.1) is 0 Å². The summed E-state index contributed by atoms with van der Waals surface area (Å²) in [6.07, 6.45) is -0.603. The molecule has 0 radical (unpaired) electrons. The second kappa shape index (κ2) is 7.29. The van der Waals surface area contributed by atoms with Crippen molar-refractivity contribution in [1.29, 1.82) is 0 Å². The molecule has 0 aromatic heterocycles. The average Bonchev–Trinajstić information content (AvgIpc) is 2.30. The fourth-order valence-electron chi connectivity index (χ4n) is 1.07. The number of hydrogen-bond donors (Lipinski definition) is 0. The normalized spacial score (nSPS) is 19.5. The van der Waals surface area contributed by atoms with Gasteiger partial charge in [-0.2, -0.15) is 11.8 Å². The van der Waals surface area contributed by atoms with Gasteiger partial charge in [0.05, 0.1) is 18.8 Å². The van der Waals surface area contributed by atoms with Crippen molar-refractivity contribution < 1.29 is 28.6 Å². The molecule has 7 heteroatoms. The Labute approximate surface area is 103 Å². The van der Waals surface area contributed by atoms with Crippen molar-refractivity contribution in [2.75, 3.05) is 24.7 Å². The molecule has 1 rings (SSSR count). The van der Waals surface area contributed by atoms with Gasteiger partial charge in [0.2, 0.25) is 12.1 Å². The number of carbonyl (C=O) groups excluding carboxylic acids is 3. The van der Waals surface area contributed by atoms with Crippen molar-refractivity contribution in [3.8, 4) is 0 Å². The quantitative estimate of drug-likeness (QED) is 0.515. The molecule has 0 bridgehead atoms. The van der Waals surface area contributed by atoms with E-state index >= 15 is 0 Å². The second-order valence-electron chi connectivity index (χ2n) is 3.31. The van der Waals surface area contributed by atoms with E-state index in [4.69, 9.17) is 9.47 Å². The summed E-state index contributed by atoms with van der Waals surface area (Å²) in [7, 11) is 0. The zero-order valence-corrected chi connectivity index (χ0v) is 10.3. The number of thioether (sulfide) groups is 1. The molecule has 1 saturated heterocycles. The highest BCUT2D eigenvalue weighted by Crippen LogP contribution is 2.13. The van der Waals surface area contributed by atoms with Gasteiger partial charge in [-0.3, -0.25) is 9.59 Å². The first-order chi connectivity index (χ1) is 8.09. The van der Waals surface area contributed by atoms with Gasteiger partial charge < -0.3 is 14.2 Å². The Morgan fingerprint density at radius 2 is 2.18 bits per heavy atom. The van der Waals surface area contributed by atoms with Crippen LogP contribution in [0.1, 0.15) is 13.3 Å². The minimum atomic E-state index is -0.942. The van der Waals surface area contributed by atoms with Gasteiger partial charge >= 0.3 is 11.9 Å². The molecule has 0 aromatic carbocycles. The molecular formula is C10H14O6S. The van der Waals surface area contributed by atoms with Crippen LogP contribution in [0.3, 0.4) is 0 Å². The molecule has 1 aliphatic heterocycles. The molecule has 1 heterocycles. The molecule has 0 aliphatic carbocycles. The molecule has 0 spiro atoms. The van der Waals surface area contributed by atoms with Gasteiger partial charge in [-0.25, -0.2) is 4.79 Å². The van der Waals surface area contributed by atoms with Crippen LogP contribution in [0.4, 0.5) is 0 Å². The van der Waals surface area contributed by atoms with Crippen LogP contribution >= 0.6 is 11.8 Å². The van der Waals surface area contributed by atoms with Crippen molar-refractivity contribution >= 4 is 29.5 Å². The lowest BCUT2D eigenvalue weighted by Gasteiger charge is -2.21. The second-order valence-corrected chi connectivity index (χ2v) is 4.46. The predicted molar refractivity (Wildman–Crippen MR) is 59.4 cm³/mol. The van der Waals surface area contributed by atoms with Crippen molar-refractivity contribution in [1.82, 2.24) is 0 Å². The van der Waals surface area contributed by atoms with Gasteiger partial charge in [0, 0.05) is 12.7 Å². The van der Waals surface area contributed by atoms with E-state index in [0.717, 1.165) is 12.7 Å². The minimum absolute atomic E-state index is 0.0798. The van der Waals surface area contributed by atoms with Crippen molar-refractivity contribution in [2.24, 2.45) is 0 Å². The maximum atomic E-state index is 11.3. The average molecular weight is 262 g/mol. The number of carbonyl (C=O) groups is 3. The van der Waals surface area contributed by atoms with Crippen molar-refractivity contribution in [3.05, 3.63) is 0 Å². The zero-order chi connectivity index (χ0) is 12.7. The fourth-order valence-corrected chi connectivity index (χ4v) is 1.81. The lowest BCUT2D eigenvalue weighted by Crippen LogP contribution is -2.29. The Kier molecular flexibility index (Phi) is 5.99. The highest BCUT2D eigenvalue weighted by atomic mass is 32.2. The van der Waals surface area contributed by atoms with E-state index in [2.05, 4.69) is 4.74 Å². The molecule has 0 amide bonds. The number of ether oxygens (including phenoxy) is 3. The smallest absolute Gasteiger partial charge is 0.374 e. The summed E-state index contributed by atoms with van der Waals surface area (Å²) in [4.78, 5) is 32.6. The molecule has 1 unspecified atom stereocenters. The first-order valence-electron chi connectivity index (χ1n) is 5.16. The van der Waals surface area contributed by atoms with Crippen LogP contribution in [-0.2, 0) is 28.6 Å².